The van der Waals surface area contributed by atoms with E-state index in [-0.39, 0.29) is 12.6 Å². The lowest BCUT2D eigenvalue weighted by Gasteiger charge is -2.17. The molecule has 0 spiro atoms. The second-order valence-electron chi connectivity index (χ2n) is 8.72. The Labute approximate surface area is 236 Å². The van der Waals surface area contributed by atoms with Gasteiger partial charge in [0, 0.05) is 37.0 Å². The first-order chi connectivity index (χ1) is 17.9. The van der Waals surface area contributed by atoms with Gasteiger partial charge in [0.1, 0.15) is 12.4 Å². The van der Waals surface area contributed by atoms with Gasteiger partial charge in [-0.1, -0.05) is 71.0 Å². The minimum atomic E-state index is -0.313. The molecule has 0 saturated heterocycles. The Morgan fingerprint density at radius 1 is 0.946 bits per heavy atom. The maximum Gasteiger partial charge on any atom is 0.338 e. The summed E-state index contributed by atoms with van der Waals surface area (Å²) in [6.45, 7) is 4.81. The van der Waals surface area contributed by atoms with Crippen LogP contribution in [0.2, 0.25) is 10.0 Å². The summed E-state index contributed by atoms with van der Waals surface area (Å²) in [6.07, 6.45) is 2.99. The van der Waals surface area contributed by atoms with Crippen LogP contribution in [0.3, 0.4) is 0 Å². The van der Waals surface area contributed by atoms with Crippen molar-refractivity contribution in [3.8, 4) is 22.7 Å². The van der Waals surface area contributed by atoms with Crippen LogP contribution < -0.4 is 4.74 Å². The molecule has 0 radical (unpaired) electrons. The largest absolute Gasteiger partial charge is 0.488 e. The molecule has 1 heterocycles. The van der Waals surface area contributed by atoms with Crippen molar-refractivity contribution in [3.05, 3.63) is 104 Å². The van der Waals surface area contributed by atoms with Gasteiger partial charge < -0.3 is 14.0 Å². The van der Waals surface area contributed by atoms with E-state index in [4.69, 9.17) is 32.7 Å². The summed E-state index contributed by atoms with van der Waals surface area (Å²) in [6, 6.07) is 22.9. The third-order valence-electron chi connectivity index (χ3n) is 6.05. The number of aromatic nitrogens is 1. The summed E-state index contributed by atoms with van der Waals surface area (Å²) in [7, 11) is 0. The number of hydrogen-bond acceptors (Lipinski definition) is 3. The molecule has 0 atom stereocenters. The number of rotatable bonds is 10. The Hall–Kier alpha value is -2.73. The molecule has 0 saturated carbocycles. The second kappa shape index (κ2) is 12.7. The highest BCUT2D eigenvalue weighted by molar-refractivity contribution is 9.10. The lowest BCUT2D eigenvalue weighted by atomic mass is 10.1. The molecule has 4 rings (SSSR count). The van der Waals surface area contributed by atoms with Gasteiger partial charge in [-0.3, -0.25) is 0 Å². The molecular formula is C30H28BrCl2NO3. The second-order valence-corrected chi connectivity index (χ2v) is 10.4. The average molecular weight is 601 g/mol. The van der Waals surface area contributed by atoms with Crippen molar-refractivity contribution in [1.82, 2.24) is 4.57 Å². The molecule has 3 aromatic carbocycles. The molecular weight excluding hydrogens is 573 g/mol. The number of carbonyl (C=O) groups excluding carboxylic acids is 1. The van der Waals surface area contributed by atoms with E-state index in [0.29, 0.717) is 28.0 Å². The summed E-state index contributed by atoms with van der Waals surface area (Å²) in [5.41, 5.74) is 4.94. The van der Waals surface area contributed by atoms with E-state index < -0.39 is 0 Å². The Balaban J connectivity index is 1.66. The van der Waals surface area contributed by atoms with Gasteiger partial charge in [-0.2, -0.15) is 0 Å². The molecule has 4 aromatic rings. The number of ether oxygens (including phenoxy) is 2. The standard InChI is InChI=1S/C30H28BrCl2NO3/c1-3-4-5-16-36-30(35)21-8-6-9-23(17-21)34-20(2)12-14-28(34)24-18-22(31)13-15-29(24)37-19-25-26(32)10-7-11-27(25)33/h6-15,17-18H,3-5,16,19H2,1-2H3. The van der Waals surface area contributed by atoms with Crippen molar-refractivity contribution >= 4 is 45.1 Å². The van der Waals surface area contributed by atoms with E-state index in [9.17, 15) is 4.79 Å². The van der Waals surface area contributed by atoms with E-state index in [1.165, 1.54) is 0 Å². The normalized spacial score (nSPS) is 10.9. The number of aryl methyl sites for hydroxylation is 1. The Bertz CT molecular complexity index is 1380. The van der Waals surface area contributed by atoms with Gasteiger partial charge in [-0.25, -0.2) is 4.79 Å². The average Bonchev–Trinajstić information content (AvgIpc) is 3.28. The maximum atomic E-state index is 12.7. The van der Waals surface area contributed by atoms with E-state index in [1.807, 2.05) is 61.5 Å². The van der Waals surface area contributed by atoms with Crippen molar-refractivity contribution in [1.29, 1.82) is 0 Å². The van der Waals surface area contributed by atoms with Crippen LogP contribution in [0, 0.1) is 6.92 Å². The van der Waals surface area contributed by atoms with E-state index in [0.717, 1.165) is 51.9 Å². The summed E-state index contributed by atoms with van der Waals surface area (Å²) < 4.78 is 14.7. The highest BCUT2D eigenvalue weighted by Gasteiger charge is 2.17. The zero-order valence-electron chi connectivity index (χ0n) is 20.8. The molecule has 192 valence electrons. The van der Waals surface area contributed by atoms with Crippen LogP contribution in [-0.2, 0) is 11.3 Å². The lowest BCUT2D eigenvalue weighted by Crippen LogP contribution is -2.08. The van der Waals surface area contributed by atoms with Gasteiger partial charge in [0.25, 0.3) is 0 Å². The predicted molar refractivity (Wildman–Crippen MR) is 154 cm³/mol. The molecule has 0 aliphatic heterocycles. The minimum absolute atomic E-state index is 0.228. The van der Waals surface area contributed by atoms with Crippen LogP contribution in [0.15, 0.2) is 77.3 Å². The highest BCUT2D eigenvalue weighted by atomic mass is 79.9. The van der Waals surface area contributed by atoms with E-state index in [2.05, 4.69) is 27.4 Å². The van der Waals surface area contributed by atoms with Crippen LogP contribution in [0.25, 0.3) is 16.9 Å². The number of unbranched alkanes of at least 4 members (excludes halogenated alkanes) is 2. The molecule has 1 aromatic heterocycles. The van der Waals surface area contributed by atoms with Crippen LogP contribution >= 0.6 is 39.1 Å². The van der Waals surface area contributed by atoms with Crippen LogP contribution in [0.4, 0.5) is 0 Å². The molecule has 7 heteroatoms. The zero-order valence-corrected chi connectivity index (χ0v) is 23.9. The topological polar surface area (TPSA) is 40.5 Å². The third kappa shape index (κ3) is 6.59. The fourth-order valence-electron chi connectivity index (χ4n) is 4.11. The summed E-state index contributed by atoms with van der Waals surface area (Å²) in [5.74, 6) is 0.373. The fraction of sp³-hybridized carbons (Fsp3) is 0.233. The summed E-state index contributed by atoms with van der Waals surface area (Å²) in [5, 5.41) is 1.12. The van der Waals surface area contributed by atoms with Crippen molar-refractivity contribution in [2.24, 2.45) is 0 Å². The zero-order chi connectivity index (χ0) is 26.4. The number of hydrogen-bond donors (Lipinski definition) is 0. The van der Waals surface area contributed by atoms with Crippen LogP contribution in [0.5, 0.6) is 5.75 Å². The molecule has 0 aliphatic rings. The Morgan fingerprint density at radius 3 is 2.46 bits per heavy atom. The first-order valence-corrected chi connectivity index (χ1v) is 13.8. The number of carbonyl (C=O) groups is 1. The molecule has 0 bridgehead atoms. The molecule has 0 fully saturated rings. The quantitative estimate of drug-likeness (QED) is 0.134. The van der Waals surface area contributed by atoms with Crippen molar-refractivity contribution in [2.75, 3.05) is 6.61 Å². The SMILES string of the molecule is CCCCCOC(=O)c1cccc(-n2c(C)ccc2-c2cc(Br)ccc2OCc2c(Cl)cccc2Cl)c1. The Morgan fingerprint density at radius 2 is 1.70 bits per heavy atom. The minimum Gasteiger partial charge on any atom is -0.488 e. The van der Waals surface area contributed by atoms with Gasteiger partial charge in [0.05, 0.1) is 17.9 Å². The number of halogens is 3. The molecule has 0 aliphatic carbocycles. The van der Waals surface area contributed by atoms with Gasteiger partial charge in [0.15, 0.2) is 0 Å². The molecule has 0 amide bonds. The first kappa shape index (κ1) is 27.3. The number of esters is 1. The van der Waals surface area contributed by atoms with Gasteiger partial charge >= 0.3 is 5.97 Å². The van der Waals surface area contributed by atoms with Gasteiger partial charge in [-0.05, 0) is 74.0 Å². The van der Waals surface area contributed by atoms with Crippen molar-refractivity contribution in [2.45, 2.75) is 39.7 Å². The van der Waals surface area contributed by atoms with Gasteiger partial charge in [-0.15, -0.1) is 0 Å². The van der Waals surface area contributed by atoms with Crippen molar-refractivity contribution < 1.29 is 14.3 Å². The Kier molecular flexibility index (Phi) is 9.36. The summed E-state index contributed by atoms with van der Waals surface area (Å²) in [4.78, 5) is 12.7. The fourth-order valence-corrected chi connectivity index (χ4v) is 4.98. The number of benzene rings is 3. The molecule has 37 heavy (non-hydrogen) atoms. The monoisotopic (exact) mass is 599 g/mol. The molecule has 4 nitrogen and oxygen atoms in total. The van der Waals surface area contributed by atoms with E-state index in [1.54, 1.807) is 18.2 Å². The predicted octanol–water partition coefficient (Wildman–Crippen LogP) is 9.45. The lowest BCUT2D eigenvalue weighted by molar-refractivity contribution is 0.0498. The molecule has 0 unspecified atom stereocenters. The van der Waals surface area contributed by atoms with E-state index >= 15 is 0 Å². The van der Waals surface area contributed by atoms with Gasteiger partial charge in [0.2, 0.25) is 0 Å². The maximum absolute atomic E-state index is 12.7. The molecule has 0 N–H and O–H groups in total. The highest BCUT2D eigenvalue weighted by Crippen LogP contribution is 2.37. The smallest absolute Gasteiger partial charge is 0.338 e. The van der Waals surface area contributed by atoms with Crippen LogP contribution in [-0.4, -0.2) is 17.1 Å². The van der Waals surface area contributed by atoms with Crippen molar-refractivity contribution in [3.63, 3.8) is 0 Å². The summed E-state index contributed by atoms with van der Waals surface area (Å²) >= 11 is 16.3. The number of nitrogens with zero attached hydrogens (tertiary/aromatic N) is 1. The first-order valence-electron chi connectivity index (χ1n) is 12.2. The van der Waals surface area contributed by atoms with Crippen LogP contribution in [0.1, 0.15) is 47.8 Å². The third-order valence-corrected chi connectivity index (χ3v) is 7.25.